The van der Waals surface area contributed by atoms with Crippen LogP contribution in [0.3, 0.4) is 0 Å². The summed E-state index contributed by atoms with van der Waals surface area (Å²) in [5.74, 6) is 0.535. The van der Waals surface area contributed by atoms with Gasteiger partial charge < -0.3 is 19.1 Å². The van der Waals surface area contributed by atoms with Crippen LogP contribution in [0.4, 0.5) is 10.9 Å². The van der Waals surface area contributed by atoms with Gasteiger partial charge in [0, 0.05) is 30.6 Å². The number of amides is 1. The fraction of sp³-hybridized carbons (Fsp3) is 0.386. The maximum absolute atomic E-state index is 13.8. The van der Waals surface area contributed by atoms with Gasteiger partial charge in [-0.05, 0) is 113 Å². The highest BCUT2D eigenvalue weighted by atomic mass is 32.1. The Balaban J connectivity index is 1.18. The number of fused-ring (bicyclic) bond motifs is 2. The van der Waals surface area contributed by atoms with Crippen molar-refractivity contribution in [2.75, 3.05) is 30.0 Å². The van der Waals surface area contributed by atoms with Crippen molar-refractivity contribution < 1.29 is 28.6 Å². The Morgan fingerprint density at radius 2 is 1.65 bits per heavy atom. The van der Waals surface area contributed by atoms with Gasteiger partial charge in [-0.25, -0.2) is 14.8 Å². The van der Waals surface area contributed by atoms with Crippen LogP contribution in [0.1, 0.15) is 104 Å². The van der Waals surface area contributed by atoms with Crippen molar-refractivity contribution >= 4 is 50.3 Å². The fourth-order valence-electron chi connectivity index (χ4n) is 6.78. The highest BCUT2D eigenvalue weighted by Crippen LogP contribution is 2.35. The lowest BCUT2D eigenvalue weighted by molar-refractivity contribution is -0.143. The van der Waals surface area contributed by atoms with E-state index in [2.05, 4.69) is 21.3 Å². The number of anilines is 2. The molecule has 0 aliphatic carbocycles. The molecule has 0 radical (unpaired) electrons. The van der Waals surface area contributed by atoms with Gasteiger partial charge in [-0.15, -0.1) is 0 Å². The molecule has 1 N–H and O–H groups in total. The Kier molecular flexibility index (Phi) is 12.8. The molecule has 0 atom stereocenters. The number of carbonyl (C=O) groups excluding carboxylic acids is 3. The molecule has 0 saturated heterocycles. The van der Waals surface area contributed by atoms with Crippen LogP contribution < -0.4 is 15.0 Å². The van der Waals surface area contributed by atoms with Crippen LogP contribution in [0.15, 0.2) is 72.8 Å². The van der Waals surface area contributed by atoms with Crippen molar-refractivity contribution in [2.24, 2.45) is 0 Å². The molecule has 55 heavy (non-hydrogen) atoms. The average Bonchev–Trinajstić information content (AvgIpc) is 3.57. The van der Waals surface area contributed by atoms with E-state index in [0.717, 1.165) is 76.7 Å². The first kappa shape index (κ1) is 39.4. The van der Waals surface area contributed by atoms with Crippen molar-refractivity contribution in [3.05, 3.63) is 101 Å². The summed E-state index contributed by atoms with van der Waals surface area (Å²) < 4.78 is 18.1. The lowest BCUT2D eigenvalue weighted by atomic mass is 9.94. The van der Waals surface area contributed by atoms with Gasteiger partial charge in [-0.2, -0.15) is 0 Å². The number of unbranched alkanes of at least 4 members (excludes halogenated alkanes) is 4. The number of nitrogens with one attached hydrogen (secondary N) is 1. The molecule has 11 heteroatoms. The van der Waals surface area contributed by atoms with E-state index in [-0.39, 0.29) is 17.6 Å². The van der Waals surface area contributed by atoms with Crippen molar-refractivity contribution in [2.45, 2.75) is 91.7 Å². The molecule has 6 rings (SSSR count). The highest BCUT2D eigenvalue weighted by Gasteiger charge is 2.28. The molecule has 0 unspecified atom stereocenters. The number of aromatic nitrogens is 2. The first-order valence-corrected chi connectivity index (χ1v) is 20.0. The second-order valence-electron chi connectivity index (χ2n) is 14.7. The first-order valence-electron chi connectivity index (χ1n) is 19.2. The second kappa shape index (κ2) is 17.9. The van der Waals surface area contributed by atoms with E-state index in [1.54, 1.807) is 0 Å². The number of para-hydroxylation sites is 1. The molecule has 3 aromatic carbocycles. The third-order valence-electron chi connectivity index (χ3n) is 9.49. The van der Waals surface area contributed by atoms with Gasteiger partial charge in [0.05, 0.1) is 23.4 Å². The summed E-state index contributed by atoms with van der Waals surface area (Å²) in [4.78, 5) is 50.7. The van der Waals surface area contributed by atoms with Crippen molar-refractivity contribution in [3.63, 3.8) is 0 Å². The van der Waals surface area contributed by atoms with Crippen LogP contribution in [-0.4, -0.2) is 53.2 Å². The number of esters is 2. The quantitative estimate of drug-likeness (QED) is 0.0821. The molecular formula is C44H50N4O6S. The summed E-state index contributed by atoms with van der Waals surface area (Å²) in [5, 5.41) is 3.57. The molecule has 0 spiro atoms. The summed E-state index contributed by atoms with van der Waals surface area (Å²) in [7, 11) is 0. The van der Waals surface area contributed by atoms with E-state index < -0.39 is 11.6 Å². The standard InChI is InChI=1S/C44H50N4O6S/c1-6-52-39(49)22-10-8-7-9-13-27-53-36-20-15-17-31(29(36)2)32-23-24-38(46-40(32)42(51)54-44(3,4)5)48-26-25-30-16-14-18-33(34(30)28-48)41(50)47-43-45-35-19-11-12-21-37(35)55-43/h11-12,14-21,23-24H,6-10,13,22,25-28H2,1-5H3,(H,45,47,50). The molecule has 1 amide bonds. The molecule has 0 fully saturated rings. The smallest absolute Gasteiger partial charge is 0.358 e. The van der Waals surface area contributed by atoms with Crippen LogP contribution in [0.25, 0.3) is 21.3 Å². The largest absolute Gasteiger partial charge is 0.493 e. The monoisotopic (exact) mass is 762 g/mol. The highest BCUT2D eigenvalue weighted by molar-refractivity contribution is 7.22. The Bertz CT molecular complexity index is 2120. The normalized spacial score (nSPS) is 12.6. The van der Waals surface area contributed by atoms with Crippen LogP contribution >= 0.6 is 11.3 Å². The lowest BCUT2D eigenvalue weighted by Crippen LogP contribution is -2.33. The van der Waals surface area contributed by atoms with Gasteiger partial charge in [0.25, 0.3) is 5.91 Å². The zero-order chi connectivity index (χ0) is 39.0. The Morgan fingerprint density at radius 1 is 0.873 bits per heavy atom. The molecule has 288 valence electrons. The number of hydrogen-bond donors (Lipinski definition) is 1. The number of hydrogen-bond acceptors (Lipinski definition) is 10. The maximum atomic E-state index is 13.8. The van der Waals surface area contributed by atoms with Gasteiger partial charge >= 0.3 is 11.9 Å². The molecule has 5 aromatic rings. The van der Waals surface area contributed by atoms with Crippen molar-refractivity contribution in [1.29, 1.82) is 0 Å². The number of benzene rings is 3. The van der Waals surface area contributed by atoms with Crippen LogP contribution in [-0.2, 0) is 27.2 Å². The zero-order valence-corrected chi connectivity index (χ0v) is 33.2. The minimum Gasteiger partial charge on any atom is -0.493 e. The van der Waals surface area contributed by atoms with E-state index in [4.69, 9.17) is 19.2 Å². The summed E-state index contributed by atoms with van der Waals surface area (Å²) in [5.41, 5.74) is 5.39. The number of ether oxygens (including phenoxy) is 3. The van der Waals surface area contributed by atoms with E-state index in [0.29, 0.717) is 54.8 Å². The molecule has 2 aromatic heterocycles. The van der Waals surface area contributed by atoms with Crippen LogP contribution in [0.2, 0.25) is 0 Å². The van der Waals surface area contributed by atoms with Gasteiger partial charge in [-0.1, -0.05) is 67.0 Å². The lowest BCUT2D eigenvalue weighted by Gasteiger charge is -2.31. The summed E-state index contributed by atoms with van der Waals surface area (Å²) in [6.45, 7) is 11.5. The Hall–Kier alpha value is -5.29. The van der Waals surface area contributed by atoms with Gasteiger partial charge in [0.2, 0.25) is 0 Å². The zero-order valence-electron chi connectivity index (χ0n) is 32.4. The molecule has 10 nitrogen and oxygen atoms in total. The molecule has 1 aliphatic heterocycles. The number of carbonyl (C=O) groups is 3. The summed E-state index contributed by atoms with van der Waals surface area (Å²) in [6.07, 6.45) is 5.93. The molecule has 3 heterocycles. The van der Waals surface area contributed by atoms with E-state index in [9.17, 15) is 14.4 Å². The minimum atomic E-state index is -0.722. The second-order valence-corrected chi connectivity index (χ2v) is 15.8. The van der Waals surface area contributed by atoms with E-state index >= 15 is 0 Å². The van der Waals surface area contributed by atoms with Crippen molar-refractivity contribution in [3.8, 4) is 16.9 Å². The Labute approximate surface area is 327 Å². The topological polar surface area (TPSA) is 120 Å². The third-order valence-corrected chi connectivity index (χ3v) is 10.4. The minimum absolute atomic E-state index is 0.129. The summed E-state index contributed by atoms with van der Waals surface area (Å²) >= 11 is 1.45. The number of rotatable bonds is 15. The number of nitrogens with zero attached hydrogens (tertiary/aromatic N) is 3. The van der Waals surface area contributed by atoms with E-state index in [1.807, 2.05) is 101 Å². The van der Waals surface area contributed by atoms with Gasteiger partial charge in [0.15, 0.2) is 10.8 Å². The average molecular weight is 763 g/mol. The molecule has 0 bridgehead atoms. The fourth-order valence-corrected chi connectivity index (χ4v) is 7.64. The maximum Gasteiger partial charge on any atom is 0.358 e. The third kappa shape index (κ3) is 10.1. The van der Waals surface area contributed by atoms with E-state index in [1.165, 1.54) is 11.3 Å². The predicted molar refractivity (Wildman–Crippen MR) is 218 cm³/mol. The van der Waals surface area contributed by atoms with Crippen LogP contribution in [0, 0.1) is 6.92 Å². The van der Waals surface area contributed by atoms with Gasteiger partial charge in [0.1, 0.15) is 17.2 Å². The van der Waals surface area contributed by atoms with Crippen molar-refractivity contribution in [1.82, 2.24) is 9.97 Å². The first-order chi connectivity index (χ1) is 26.5. The predicted octanol–water partition coefficient (Wildman–Crippen LogP) is 9.72. The number of pyridine rings is 1. The summed E-state index contributed by atoms with van der Waals surface area (Å²) in [6, 6.07) is 23.4. The SMILES string of the molecule is CCOC(=O)CCCCCCCOc1cccc(-c2ccc(N3CCc4cccc(C(=O)Nc5nc6ccccc6s5)c4C3)nc2C(=O)OC(C)(C)C)c1C. The van der Waals surface area contributed by atoms with Crippen LogP contribution in [0.5, 0.6) is 5.75 Å². The van der Waals surface area contributed by atoms with Gasteiger partial charge in [-0.3, -0.25) is 14.9 Å². The molecule has 0 saturated carbocycles. The molecule has 1 aliphatic rings. The number of thiazole rings is 1. The molecular weight excluding hydrogens is 713 g/mol. The Morgan fingerprint density at radius 3 is 2.45 bits per heavy atom.